The molecule has 5 heterocycles. The second kappa shape index (κ2) is 15.2. The van der Waals surface area contributed by atoms with E-state index >= 15 is 0 Å². The Balaban J connectivity index is 0.00000480. The van der Waals surface area contributed by atoms with Crippen molar-refractivity contribution >= 4 is 63.7 Å². The number of fused-ring (bicyclic) bond motifs is 1. The molecule has 1 fully saturated rings. The van der Waals surface area contributed by atoms with E-state index in [1.54, 1.807) is 0 Å². The number of hydrogen-bond acceptors (Lipinski definition) is 19. The van der Waals surface area contributed by atoms with Crippen molar-refractivity contribution in [3.63, 3.8) is 0 Å². The molecule has 0 spiro atoms. The number of carbonyl (C=O) groups excluding carboxylic acids is 3. The van der Waals surface area contributed by atoms with Gasteiger partial charge in [0.05, 0.1) is 30.1 Å². The number of aliphatic carboxylic acids is 1. The number of nitrogens with two attached hydrogens (primary N) is 1. The second-order valence-corrected chi connectivity index (χ2v) is 11.8. The first-order valence-corrected chi connectivity index (χ1v) is 15.3. The van der Waals surface area contributed by atoms with Gasteiger partial charge in [0.15, 0.2) is 10.9 Å². The first kappa shape index (κ1) is 35.1. The van der Waals surface area contributed by atoms with E-state index in [-0.39, 0.29) is 81.9 Å². The molecule has 3 aromatic heterocycles. The quantitative estimate of drug-likeness (QED) is 0.0284. The van der Waals surface area contributed by atoms with Crippen molar-refractivity contribution in [1.82, 2.24) is 44.5 Å². The summed E-state index contributed by atoms with van der Waals surface area (Å²) in [5.41, 5.74) is 5.01. The first-order chi connectivity index (χ1) is 21.6. The van der Waals surface area contributed by atoms with Crippen LogP contribution in [0.15, 0.2) is 38.6 Å². The zero-order chi connectivity index (χ0) is 32.2. The summed E-state index contributed by atoms with van der Waals surface area (Å²) in [7, 11) is 2.70. The van der Waals surface area contributed by atoms with Gasteiger partial charge in [-0.1, -0.05) is 16.9 Å². The van der Waals surface area contributed by atoms with E-state index in [1.165, 1.54) is 41.5 Å². The molecule has 0 unspecified atom stereocenters. The van der Waals surface area contributed by atoms with Gasteiger partial charge in [0.2, 0.25) is 28.9 Å². The molecule has 0 saturated carbocycles. The molecule has 5 rings (SSSR count). The summed E-state index contributed by atoms with van der Waals surface area (Å²) in [6.07, 6.45) is 1.11. The summed E-state index contributed by atoms with van der Waals surface area (Å²) in [6.45, 7) is -0.290. The number of tetrazole rings is 1. The standard InChI is InChI=1S/C22H23N11O9S3.Na/c1-40-8-42-27-13(16-25-21(23)45-28-16)17(36)24-14-18(37)33-15(20(38)39)9(6-43-19(14)33)7-44-22-26-29-30-31(22)4-10-3-11(34)12(35)5-32(10)41-2;/h3,5,14,19,35H,4,6-8H2,1-2H3,(H,24,36)(H,38,39)(H2,23,25,28);/q;+1/p-1/b27-13-;/t14-,19+;/m1./s1. The fraction of sp³-hybridized carbons (Fsp3) is 0.364. The number of methoxy groups -OCH3 is 1. The van der Waals surface area contributed by atoms with E-state index in [9.17, 15) is 29.4 Å². The molecule has 2 aliphatic heterocycles. The Morgan fingerprint density at radius 3 is 2.78 bits per heavy atom. The van der Waals surface area contributed by atoms with E-state index in [0.29, 0.717) is 11.3 Å². The molecular formula is C22H22N11NaO9S3. The second-order valence-electron chi connectivity index (χ2n) is 8.96. The minimum Gasteiger partial charge on any atom is -0.543 e. The number of hydrogen-bond donors (Lipinski definition) is 3. The van der Waals surface area contributed by atoms with Gasteiger partial charge in [-0.3, -0.25) is 19.3 Å². The molecule has 0 aromatic carbocycles. The van der Waals surface area contributed by atoms with Gasteiger partial charge in [0, 0.05) is 36.2 Å². The maximum Gasteiger partial charge on any atom is 1.00 e. The molecular weight excluding hydrogens is 682 g/mol. The number of ether oxygens (including phenoxy) is 1. The van der Waals surface area contributed by atoms with Crippen LogP contribution in [-0.4, -0.2) is 112 Å². The van der Waals surface area contributed by atoms with Crippen molar-refractivity contribution in [2.75, 3.05) is 38.3 Å². The fourth-order valence-corrected chi connectivity index (χ4v) is 6.98. The van der Waals surface area contributed by atoms with Gasteiger partial charge < -0.3 is 40.5 Å². The molecule has 2 aliphatic rings. The number of nitrogens with one attached hydrogen (secondary N) is 1. The summed E-state index contributed by atoms with van der Waals surface area (Å²) in [5, 5.41) is 39.2. The largest absolute Gasteiger partial charge is 1.00 e. The number of thioether (sulfide) groups is 2. The van der Waals surface area contributed by atoms with E-state index in [0.717, 1.165) is 34.4 Å². The van der Waals surface area contributed by atoms with Gasteiger partial charge in [0.1, 0.15) is 18.5 Å². The van der Waals surface area contributed by atoms with Crippen molar-refractivity contribution in [2.24, 2.45) is 5.16 Å². The fourth-order valence-electron chi connectivity index (χ4n) is 4.19. The number of oxime groups is 1. The SMILES string of the molecule is COCO/N=C(\C(=O)N[C@@H]1C(=O)N2C(C(=O)[O-])=C(CSc3nnnn3Cc3cc(=O)c(O)cn3OC)CS[C@@H]12)c1nsc(N)n1.[Na+]. The predicted octanol–water partition coefficient (Wildman–Crippen LogP) is -6.39. The van der Waals surface area contributed by atoms with Gasteiger partial charge in [-0.05, 0) is 16.0 Å². The maximum atomic E-state index is 13.1. The molecule has 20 nitrogen and oxygen atoms in total. The van der Waals surface area contributed by atoms with Crippen LogP contribution in [0.2, 0.25) is 0 Å². The van der Waals surface area contributed by atoms with Gasteiger partial charge in [-0.25, -0.2) is 4.68 Å². The zero-order valence-electron chi connectivity index (χ0n) is 24.2. The third kappa shape index (κ3) is 7.29. The van der Waals surface area contributed by atoms with Gasteiger partial charge >= 0.3 is 29.6 Å². The Kier molecular flexibility index (Phi) is 11.6. The van der Waals surface area contributed by atoms with Crippen molar-refractivity contribution in [3.05, 3.63) is 45.3 Å². The van der Waals surface area contributed by atoms with Crippen molar-refractivity contribution in [3.8, 4) is 5.75 Å². The number of aromatic hydroxyl groups is 1. The summed E-state index contributed by atoms with van der Waals surface area (Å²) in [6, 6.07) is 0.0733. The van der Waals surface area contributed by atoms with E-state index in [4.69, 9.17) is 20.1 Å². The summed E-state index contributed by atoms with van der Waals surface area (Å²) >= 11 is 3.15. The van der Waals surface area contributed by atoms with Crippen LogP contribution >= 0.6 is 35.1 Å². The Bertz CT molecular complexity index is 1760. The molecule has 2 amide bonds. The summed E-state index contributed by atoms with van der Waals surface area (Å²) in [5.74, 6) is -3.47. The number of amides is 2. The number of carboxylic acid groups (broad SMARTS) is 1. The van der Waals surface area contributed by atoms with Gasteiger partial charge in [-0.2, -0.15) is 14.1 Å². The normalized spacial score (nSPS) is 17.6. The zero-order valence-corrected chi connectivity index (χ0v) is 28.6. The van der Waals surface area contributed by atoms with Crippen LogP contribution in [0.4, 0.5) is 5.13 Å². The van der Waals surface area contributed by atoms with Crippen LogP contribution < -0.4 is 56.0 Å². The third-order valence-corrected chi connectivity index (χ3v) is 9.10. The molecule has 3 aromatic rings. The maximum absolute atomic E-state index is 13.1. The minimum absolute atomic E-state index is 0. The minimum atomic E-state index is -1.57. The topological polar surface area (TPSA) is 267 Å². The van der Waals surface area contributed by atoms with E-state index in [2.05, 4.69) is 35.4 Å². The summed E-state index contributed by atoms with van der Waals surface area (Å²) < 4.78 is 11.2. The van der Waals surface area contributed by atoms with Crippen LogP contribution in [0, 0.1) is 0 Å². The molecule has 0 radical (unpaired) electrons. The Labute approximate surface area is 292 Å². The number of pyridine rings is 1. The molecule has 1 saturated heterocycles. The Hall–Kier alpha value is -3.74. The predicted molar refractivity (Wildman–Crippen MR) is 153 cm³/mol. The summed E-state index contributed by atoms with van der Waals surface area (Å²) in [4.78, 5) is 65.4. The van der Waals surface area contributed by atoms with Crippen LogP contribution in [0.1, 0.15) is 11.5 Å². The number of anilines is 1. The van der Waals surface area contributed by atoms with Crippen LogP contribution in [-0.2, 0) is 30.5 Å². The Morgan fingerprint density at radius 2 is 2.11 bits per heavy atom. The van der Waals surface area contributed by atoms with Gasteiger partial charge in [-0.15, -0.1) is 16.9 Å². The molecule has 0 aliphatic carbocycles. The third-order valence-electron chi connectivity index (χ3n) is 6.18. The molecule has 2 atom stereocenters. The first-order valence-electron chi connectivity index (χ1n) is 12.5. The number of β-lactam (4-membered cyclic amide) rings is 1. The monoisotopic (exact) mass is 703 g/mol. The van der Waals surface area contributed by atoms with Crippen LogP contribution in [0.5, 0.6) is 5.75 Å². The number of aromatic nitrogens is 7. The Morgan fingerprint density at radius 1 is 1.33 bits per heavy atom. The smallest absolute Gasteiger partial charge is 0.543 e. The van der Waals surface area contributed by atoms with Crippen LogP contribution in [0.3, 0.4) is 0 Å². The van der Waals surface area contributed by atoms with E-state index < -0.39 is 40.4 Å². The van der Waals surface area contributed by atoms with Crippen molar-refractivity contribution in [1.29, 1.82) is 0 Å². The van der Waals surface area contributed by atoms with Crippen molar-refractivity contribution < 1.29 is 68.6 Å². The molecule has 0 bridgehead atoms. The number of nitrogens with zero attached hydrogens (tertiary/aromatic N) is 9. The molecule has 4 N–H and O–H groups in total. The number of carbonyl (C=O) groups is 3. The van der Waals surface area contributed by atoms with Gasteiger partial charge in [0.25, 0.3) is 11.8 Å². The average Bonchev–Trinajstić information content (AvgIpc) is 3.66. The average molecular weight is 704 g/mol. The molecule has 46 heavy (non-hydrogen) atoms. The van der Waals surface area contributed by atoms with Crippen LogP contribution in [0.25, 0.3) is 0 Å². The number of rotatable bonds is 13. The molecule has 238 valence electrons. The van der Waals surface area contributed by atoms with E-state index in [1.807, 2.05) is 0 Å². The molecule has 24 heteroatoms. The number of nitrogen functional groups attached to an aromatic ring is 1. The number of carboxylic acids is 1. The van der Waals surface area contributed by atoms with Crippen molar-refractivity contribution in [2.45, 2.75) is 23.1 Å².